The molecule has 0 spiro atoms. The van der Waals surface area contributed by atoms with Crippen molar-refractivity contribution < 1.29 is 9.72 Å². The summed E-state index contributed by atoms with van der Waals surface area (Å²) in [6, 6.07) is 6.34. The number of nitro benzene ring substituents is 1. The summed E-state index contributed by atoms with van der Waals surface area (Å²) in [5, 5.41) is 13.1. The van der Waals surface area contributed by atoms with E-state index < -0.39 is 4.92 Å². The third kappa shape index (κ3) is 3.85. The first kappa shape index (κ1) is 17.5. The molecule has 1 aliphatic heterocycles. The van der Waals surface area contributed by atoms with Gasteiger partial charge in [0.2, 0.25) is 0 Å². The van der Waals surface area contributed by atoms with Crippen LogP contribution in [0.3, 0.4) is 0 Å². The minimum Gasteiger partial charge on any atom is -0.337 e. The Labute approximate surface area is 149 Å². The number of aromatic nitrogens is 1. The van der Waals surface area contributed by atoms with E-state index in [2.05, 4.69) is 4.98 Å². The number of amides is 1. The third-order valence-corrected chi connectivity index (χ3v) is 5.51. The summed E-state index contributed by atoms with van der Waals surface area (Å²) in [5.41, 5.74) is 7.17. The van der Waals surface area contributed by atoms with Gasteiger partial charge < -0.3 is 10.6 Å². The van der Waals surface area contributed by atoms with Crippen molar-refractivity contribution in [3.63, 3.8) is 0 Å². The zero-order chi connectivity index (χ0) is 18.0. The first-order chi connectivity index (χ1) is 12.0. The van der Waals surface area contributed by atoms with Crippen molar-refractivity contribution in [2.45, 2.75) is 25.8 Å². The number of benzene rings is 1. The second kappa shape index (κ2) is 7.28. The fourth-order valence-electron chi connectivity index (χ4n) is 3.02. The smallest absolute Gasteiger partial charge is 0.273 e. The summed E-state index contributed by atoms with van der Waals surface area (Å²) >= 11 is 1.37. The molecule has 1 aromatic carbocycles. The lowest BCUT2D eigenvalue weighted by molar-refractivity contribution is -0.384. The number of thiazole rings is 1. The Morgan fingerprint density at radius 3 is 2.56 bits per heavy atom. The van der Waals surface area contributed by atoms with Crippen molar-refractivity contribution in [1.82, 2.24) is 9.88 Å². The van der Waals surface area contributed by atoms with E-state index in [1.165, 1.54) is 23.5 Å². The normalized spacial score (nSPS) is 16.6. The summed E-state index contributed by atoms with van der Waals surface area (Å²) in [5.74, 6) is 0.405. The van der Waals surface area contributed by atoms with Gasteiger partial charge in [-0.25, -0.2) is 4.98 Å². The summed E-state index contributed by atoms with van der Waals surface area (Å²) < 4.78 is 0. The molecule has 132 valence electrons. The van der Waals surface area contributed by atoms with Gasteiger partial charge in [0, 0.05) is 42.2 Å². The molecule has 1 aliphatic rings. The minimum atomic E-state index is -0.438. The van der Waals surface area contributed by atoms with Gasteiger partial charge in [0.05, 0.1) is 4.92 Å². The number of nitrogens with two attached hydrogens (primary N) is 1. The number of non-ortho nitro benzene ring substituents is 1. The quantitative estimate of drug-likeness (QED) is 0.667. The highest BCUT2D eigenvalue weighted by molar-refractivity contribution is 7.13. The fraction of sp³-hybridized carbons (Fsp3) is 0.412. The number of nitrogens with zero attached hydrogens (tertiary/aromatic N) is 3. The predicted molar refractivity (Wildman–Crippen MR) is 96.5 cm³/mol. The van der Waals surface area contributed by atoms with Crippen molar-refractivity contribution in [3.8, 4) is 10.6 Å². The van der Waals surface area contributed by atoms with Gasteiger partial charge in [0.15, 0.2) is 0 Å². The molecule has 25 heavy (non-hydrogen) atoms. The number of nitro groups is 1. The summed E-state index contributed by atoms with van der Waals surface area (Å²) in [4.78, 5) is 29.1. The van der Waals surface area contributed by atoms with E-state index in [1.54, 1.807) is 17.5 Å². The van der Waals surface area contributed by atoms with Crippen LogP contribution in [0.2, 0.25) is 0 Å². The fourth-order valence-corrected chi connectivity index (χ4v) is 3.82. The zero-order valence-corrected chi connectivity index (χ0v) is 14.7. The molecule has 8 heteroatoms. The maximum absolute atomic E-state index is 12.6. The van der Waals surface area contributed by atoms with Crippen molar-refractivity contribution in [1.29, 1.82) is 0 Å². The molecule has 0 aliphatic carbocycles. The highest BCUT2D eigenvalue weighted by atomic mass is 32.1. The zero-order valence-electron chi connectivity index (χ0n) is 13.9. The Morgan fingerprint density at radius 2 is 2.00 bits per heavy atom. The van der Waals surface area contributed by atoms with Crippen molar-refractivity contribution in [2.24, 2.45) is 11.7 Å². The lowest BCUT2D eigenvalue weighted by atomic mass is 9.91. The molecule has 2 heterocycles. The maximum Gasteiger partial charge on any atom is 0.273 e. The average molecular weight is 360 g/mol. The predicted octanol–water partition coefficient (Wildman–Crippen LogP) is 2.92. The van der Waals surface area contributed by atoms with Gasteiger partial charge in [-0.05, 0) is 37.8 Å². The highest BCUT2D eigenvalue weighted by Crippen LogP contribution is 2.27. The Kier molecular flexibility index (Phi) is 5.10. The molecule has 2 N–H and O–H groups in total. The van der Waals surface area contributed by atoms with E-state index in [4.69, 9.17) is 5.73 Å². The first-order valence-corrected chi connectivity index (χ1v) is 9.09. The average Bonchev–Trinajstić information content (AvgIpc) is 3.11. The second-order valence-corrected chi connectivity index (χ2v) is 7.19. The number of hydrogen-bond acceptors (Lipinski definition) is 6. The summed E-state index contributed by atoms with van der Waals surface area (Å²) in [6.45, 7) is 3.42. The topological polar surface area (TPSA) is 102 Å². The van der Waals surface area contributed by atoms with Crippen LogP contribution in [-0.4, -0.2) is 39.8 Å². The number of hydrogen-bond donors (Lipinski definition) is 1. The monoisotopic (exact) mass is 360 g/mol. The number of carbonyl (C=O) groups excluding carboxylic acids is 1. The number of piperidine rings is 1. The molecule has 1 unspecified atom stereocenters. The molecule has 7 nitrogen and oxygen atoms in total. The van der Waals surface area contributed by atoms with Gasteiger partial charge >= 0.3 is 0 Å². The molecule has 1 atom stereocenters. The summed E-state index contributed by atoms with van der Waals surface area (Å²) in [7, 11) is 0. The van der Waals surface area contributed by atoms with E-state index >= 15 is 0 Å². The van der Waals surface area contributed by atoms with Crippen LogP contribution in [0.25, 0.3) is 10.6 Å². The lowest BCUT2D eigenvalue weighted by Gasteiger charge is -2.33. The lowest BCUT2D eigenvalue weighted by Crippen LogP contribution is -2.42. The van der Waals surface area contributed by atoms with Gasteiger partial charge in [0.25, 0.3) is 11.6 Å². The van der Waals surface area contributed by atoms with Crippen molar-refractivity contribution in [3.05, 3.63) is 45.5 Å². The molecule has 0 saturated carbocycles. The SMILES string of the molecule is CC(N)C1CCN(C(=O)c2csc(-c3ccc([N+](=O)[O-])cc3)n2)CC1. The van der Waals surface area contributed by atoms with E-state index in [0.29, 0.717) is 29.7 Å². The molecular weight excluding hydrogens is 340 g/mol. The molecule has 2 aromatic rings. The van der Waals surface area contributed by atoms with Crippen LogP contribution >= 0.6 is 11.3 Å². The van der Waals surface area contributed by atoms with E-state index in [9.17, 15) is 14.9 Å². The van der Waals surface area contributed by atoms with E-state index in [-0.39, 0.29) is 17.6 Å². The van der Waals surface area contributed by atoms with Crippen LogP contribution in [0.15, 0.2) is 29.6 Å². The molecule has 3 rings (SSSR count). The second-order valence-electron chi connectivity index (χ2n) is 6.33. The number of rotatable bonds is 4. The minimum absolute atomic E-state index is 0.0357. The molecule has 1 saturated heterocycles. The summed E-state index contributed by atoms with van der Waals surface area (Å²) in [6.07, 6.45) is 1.84. The van der Waals surface area contributed by atoms with Crippen LogP contribution in [0.4, 0.5) is 5.69 Å². The van der Waals surface area contributed by atoms with Crippen LogP contribution < -0.4 is 5.73 Å². The largest absolute Gasteiger partial charge is 0.337 e. The van der Waals surface area contributed by atoms with E-state index in [0.717, 1.165) is 18.4 Å². The van der Waals surface area contributed by atoms with Gasteiger partial charge in [-0.15, -0.1) is 11.3 Å². The van der Waals surface area contributed by atoms with Crippen LogP contribution in [-0.2, 0) is 0 Å². The van der Waals surface area contributed by atoms with Crippen LogP contribution in [0, 0.1) is 16.0 Å². The van der Waals surface area contributed by atoms with Crippen LogP contribution in [0.5, 0.6) is 0 Å². The maximum atomic E-state index is 12.6. The highest BCUT2D eigenvalue weighted by Gasteiger charge is 2.26. The van der Waals surface area contributed by atoms with Gasteiger partial charge in [-0.1, -0.05) is 0 Å². The Bertz CT molecular complexity index is 764. The van der Waals surface area contributed by atoms with Crippen LogP contribution in [0.1, 0.15) is 30.3 Å². The van der Waals surface area contributed by atoms with Crippen molar-refractivity contribution in [2.75, 3.05) is 13.1 Å². The number of likely N-dealkylation sites (tertiary alicyclic amines) is 1. The molecule has 0 radical (unpaired) electrons. The van der Waals surface area contributed by atoms with Crippen molar-refractivity contribution >= 4 is 22.9 Å². The Balaban J connectivity index is 1.69. The van der Waals surface area contributed by atoms with E-state index in [1.807, 2.05) is 11.8 Å². The Hall–Kier alpha value is -2.32. The first-order valence-electron chi connectivity index (χ1n) is 8.21. The van der Waals surface area contributed by atoms with Gasteiger partial charge in [-0.2, -0.15) is 0 Å². The molecule has 1 amide bonds. The Morgan fingerprint density at radius 1 is 1.36 bits per heavy atom. The molecule has 0 bridgehead atoms. The number of carbonyl (C=O) groups is 1. The van der Waals surface area contributed by atoms with Gasteiger partial charge in [-0.3, -0.25) is 14.9 Å². The molecule has 1 aromatic heterocycles. The third-order valence-electron chi connectivity index (χ3n) is 4.62. The standard InChI is InChI=1S/C17H20N4O3S/c1-11(18)12-6-8-20(9-7-12)17(22)15-10-25-16(19-15)13-2-4-14(5-3-13)21(23)24/h2-5,10-12H,6-9,18H2,1H3. The molecular formula is C17H20N4O3S. The van der Waals surface area contributed by atoms with Gasteiger partial charge in [0.1, 0.15) is 10.7 Å². The molecule has 1 fully saturated rings.